The third kappa shape index (κ3) is 4.39. The average Bonchev–Trinajstić information content (AvgIpc) is 2.64. The highest BCUT2D eigenvalue weighted by Gasteiger charge is 2.25. The molecular weight excluding hydrogens is 335 g/mol. The van der Waals surface area contributed by atoms with Crippen LogP contribution in [0.25, 0.3) is 0 Å². The number of benzene rings is 2. The Morgan fingerprint density at radius 3 is 2.38 bits per heavy atom. The standard InChI is InChI=1S/C20H21FN2O3/c21-15-7-5-14(6-8-15)13-19(25)22-16-9-11-23(12-10-16)20(26)17-3-1-2-4-18(17)24/h1-8,16,24H,9-13H2,(H,22,25). The third-order valence-corrected chi connectivity index (χ3v) is 4.56. The Balaban J connectivity index is 1.49. The maximum Gasteiger partial charge on any atom is 0.257 e. The molecule has 3 rings (SSSR count). The first-order chi connectivity index (χ1) is 12.5. The minimum absolute atomic E-state index is 0.0105. The Bertz CT molecular complexity index is 784. The summed E-state index contributed by atoms with van der Waals surface area (Å²) in [6.07, 6.45) is 1.53. The van der Waals surface area contributed by atoms with E-state index in [1.807, 2.05) is 0 Å². The number of nitrogens with one attached hydrogen (secondary N) is 1. The lowest BCUT2D eigenvalue weighted by molar-refractivity contribution is -0.121. The number of para-hydroxylation sites is 1. The molecule has 2 aromatic rings. The number of carbonyl (C=O) groups excluding carboxylic acids is 2. The quantitative estimate of drug-likeness (QED) is 0.884. The van der Waals surface area contributed by atoms with Crippen molar-refractivity contribution in [3.05, 3.63) is 65.5 Å². The minimum Gasteiger partial charge on any atom is -0.507 e. The van der Waals surface area contributed by atoms with Gasteiger partial charge in [-0.3, -0.25) is 9.59 Å². The van der Waals surface area contributed by atoms with Gasteiger partial charge in [-0.15, -0.1) is 0 Å². The molecule has 2 aromatic carbocycles. The summed E-state index contributed by atoms with van der Waals surface area (Å²) in [4.78, 5) is 26.3. The molecule has 1 aliphatic heterocycles. The highest BCUT2D eigenvalue weighted by Crippen LogP contribution is 2.20. The summed E-state index contributed by atoms with van der Waals surface area (Å²) in [6.45, 7) is 1.04. The summed E-state index contributed by atoms with van der Waals surface area (Å²) < 4.78 is 12.9. The van der Waals surface area contributed by atoms with E-state index in [4.69, 9.17) is 0 Å². The van der Waals surface area contributed by atoms with Gasteiger partial charge < -0.3 is 15.3 Å². The van der Waals surface area contributed by atoms with Gasteiger partial charge in [0.05, 0.1) is 12.0 Å². The van der Waals surface area contributed by atoms with Crippen LogP contribution in [0.3, 0.4) is 0 Å². The molecule has 0 bridgehead atoms. The van der Waals surface area contributed by atoms with E-state index in [2.05, 4.69) is 5.32 Å². The highest BCUT2D eigenvalue weighted by atomic mass is 19.1. The van der Waals surface area contributed by atoms with E-state index in [0.717, 1.165) is 5.56 Å². The van der Waals surface area contributed by atoms with Crippen LogP contribution in [0.5, 0.6) is 5.75 Å². The highest BCUT2D eigenvalue weighted by molar-refractivity contribution is 5.96. The van der Waals surface area contributed by atoms with E-state index >= 15 is 0 Å². The van der Waals surface area contributed by atoms with Gasteiger partial charge in [-0.2, -0.15) is 0 Å². The zero-order chi connectivity index (χ0) is 18.5. The molecular formula is C20H21FN2O3. The molecule has 0 aliphatic carbocycles. The van der Waals surface area contributed by atoms with Crippen molar-refractivity contribution >= 4 is 11.8 Å². The van der Waals surface area contributed by atoms with E-state index in [-0.39, 0.29) is 35.8 Å². The number of hydrogen-bond acceptors (Lipinski definition) is 3. The SMILES string of the molecule is O=C(Cc1ccc(F)cc1)NC1CCN(C(=O)c2ccccc2O)CC1. The lowest BCUT2D eigenvalue weighted by atomic mass is 10.0. The summed E-state index contributed by atoms with van der Waals surface area (Å²) >= 11 is 0. The number of phenols is 1. The predicted molar refractivity (Wildman–Crippen MR) is 95.3 cm³/mol. The molecule has 0 atom stereocenters. The first-order valence-corrected chi connectivity index (χ1v) is 8.64. The second kappa shape index (κ2) is 7.99. The molecule has 136 valence electrons. The number of likely N-dealkylation sites (tertiary alicyclic amines) is 1. The molecule has 0 unspecified atom stereocenters. The molecule has 6 heteroatoms. The van der Waals surface area contributed by atoms with E-state index in [1.165, 1.54) is 18.2 Å². The summed E-state index contributed by atoms with van der Waals surface area (Å²) in [6, 6.07) is 12.4. The Kier molecular flexibility index (Phi) is 5.51. The second-order valence-electron chi connectivity index (χ2n) is 6.45. The normalized spacial score (nSPS) is 14.9. The predicted octanol–water partition coefficient (Wildman–Crippen LogP) is 2.49. The Hall–Kier alpha value is -2.89. The van der Waals surface area contributed by atoms with Crippen LogP contribution in [0, 0.1) is 5.82 Å². The van der Waals surface area contributed by atoms with E-state index < -0.39 is 0 Å². The first kappa shape index (κ1) is 17.9. The van der Waals surface area contributed by atoms with Gasteiger partial charge >= 0.3 is 0 Å². The maximum absolute atomic E-state index is 12.9. The summed E-state index contributed by atoms with van der Waals surface area (Å²) in [5.41, 5.74) is 1.06. The molecule has 1 aliphatic rings. The number of phenolic OH excluding ortho intramolecular Hbond substituents is 1. The Morgan fingerprint density at radius 1 is 1.08 bits per heavy atom. The zero-order valence-electron chi connectivity index (χ0n) is 14.3. The van der Waals surface area contributed by atoms with Crippen LogP contribution in [0.1, 0.15) is 28.8 Å². The van der Waals surface area contributed by atoms with Crippen LogP contribution < -0.4 is 5.32 Å². The molecule has 0 saturated carbocycles. The van der Waals surface area contributed by atoms with Crippen molar-refractivity contribution in [2.75, 3.05) is 13.1 Å². The molecule has 0 aromatic heterocycles. The third-order valence-electron chi connectivity index (χ3n) is 4.56. The van der Waals surface area contributed by atoms with Crippen molar-refractivity contribution in [2.45, 2.75) is 25.3 Å². The van der Waals surface area contributed by atoms with Gasteiger partial charge in [0.25, 0.3) is 5.91 Å². The van der Waals surface area contributed by atoms with Gasteiger partial charge in [0.15, 0.2) is 0 Å². The topological polar surface area (TPSA) is 69.6 Å². The fraction of sp³-hybridized carbons (Fsp3) is 0.300. The number of nitrogens with zero attached hydrogens (tertiary/aromatic N) is 1. The van der Waals surface area contributed by atoms with Gasteiger partial charge in [0, 0.05) is 19.1 Å². The average molecular weight is 356 g/mol. The van der Waals surface area contributed by atoms with Crippen LogP contribution >= 0.6 is 0 Å². The van der Waals surface area contributed by atoms with Crippen molar-refractivity contribution in [1.29, 1.82) is 0 Å². The van der Waals surface area contributed by atoms with Crippen LogP contribution in [-0.4, -0.2) is 41.0 Å². The molecule has 0 radical (unpaired) electrons. The Labute approximate surface area is 151 Å². The smallest absolute Gasteiger partial charge is 0.257 e. The van der Waals surface area contributed by atoms with Crippen molar-refractivity contribution in [2.24, 2.45) is 0 Å². The van der Waals surface area contributed by atoms with Crippen molar-refractivity contribution in [3.63, 3.8) is 0 Å². The summed E-state index contributed by atoms with van der Waals surface area (Å²) in [7, 11) is 0. The molecule has 1 fully saturated rings. The summed E-state index contributed by atoms with van der Waals surface area (Å²) in [5, 5.41) is 12.8. The molecule has 26 heavy (non-hydrogen) atoms. The van der Waals surface area contributed by atoms with Gasteiger partial charge in [0.2, 0.25) is 5.91 Å². The van der Waals surface area contributed by atoms with Crippen LogP contribution in [0.4, 0.5) is 4.39 Å². The van der Waals surface area contributed by atoms with E-state index in [0.29, 0.717) is 31.5 Å². The molecule has 0 spiro atoms. The van der Waals surface area contributed by atoms with Crippen LogP contribution in [0.2, 0.25) is 0 Å². The molecule has 5 nitrogen and oxygen atoms in total. The fourth-order valence-electron chi connectivity index (χ4n) is 3.12. The molecule has 2 amide bonds. The van der Waals surface area contributed by atoms with Crippen molar-refractivity contribution in [3.8, 4) is 5.75 Å². The van der Waals surface area contributed by atoms with Crippen molar-refractivity contribution in [1.82, 2.24) is 10.2 Å². The first-order valence-electron chi connectivity index (χ1n) is 8.64. The fourth-order valence-corrected chi connectivity index (χ4v) is 3.12. The van der Waals surface area contributed by atoms with Gasteiger partial charge in [-0.25, -0.2) is 4.39 Å². The Morgan fingerprint density at radius 2 is 1.73 bits per heavy atom. The van der Waals surface area contributed by atoms with E-state index in [1.54, 1.807) is 35.2 Å². The number of aromatic hydroxyl groups is 1. The van der Waals surface area contributed by atoms with Gasteiger partial charge in [-0.1, -0.05) is 24.3 Å². The molecule has 2 N–H and O–H groups in total. The lowest BCUT2D eigenvalue weighted by Crippen LogP contribution is -2.46. The number of carbonyl (C=O) groups is 2. The second-order valence-corrected chi connectivity index (χ2v) is 6.45. The zero-order valence-corrected chi connectivity index (χ0v) is 14.3. The molecule has 1 saturated heterocycles. The molecule has 1 heterocycles. The lowest BCUT2D eigenvalue weighted by Gasteiger charge is -2.32. The van der Waals surface area contributed by atoms with Crippen LogP contribution in [-0.2, 0) is 11.2 Å². The number of halogens is 1. The van der Waals surface area contributed by atoms with Gasteiger partial charge in [-0.05, 0) is 42.7 Å². The van der Waals surface area contributed by atoms with Crippen LogP contribution in [0.15, 0.2) is 48.5 Å². The maximum atomic E-state index is 12.9. The van der Waals surface area contributed by atoms with Crippen molar-refractivity contribution < 1.29 is 19.1 Å². The number of amides is 2. The van der Waals surface area contributed by atoms with E-state index in [9.17, 15) is 19.1 Å². The number of hydrogen-bond donors (Lipinski definition) is 2. The summed E-state index contributed by atoms with van der Waals surface area (Å²) in [5.74, 6) is -0.649. The number of piperidine rings is 1. The largest absolute Gasteiger partial charge is 0.507 e. The number of rotatable bonds is 4. The minimum atomic E-state index is -0.323. The monoisotopic (exact) mass is 356 g/mol. The van der Waals surface area contributed by atoms with Gasteiger partial charge in [0.1, 0.15) is 11.6 Å².